The van der Waals surface area contributed by atoms with Crippen LogP contribution in [-0.2, 0) is 14.6 Å². The van der Waals surface area contributed by atoms with Crippen molar-refractivity contribution in [2.45, 2.75) is 17.7 Å². The molecule has 0 spiro atoms. The van der Waals surface area contributed by atoms with Crippen molar-refractivity contribution in [1.82, 2.24) is 4.90 Å². The first-order valence-corrected chi connectivity index (χ1v) is 8.03. The maximum absolute atomic E-state index is 12.3. The zero-order valence-corrected chi connectivity index (χ0v) is 12.1. The molecule has 110 valence electrons. The van der Waals surface area contributed by atoms with E-state index in [4.69, 9.17) is 10.5 Å². The number of ether oxygens (including phenoxy) is 1. The molecule has 1 amide bonds. The van der Waals surface area contributed by atoms with E-state index >= 15 is 0 Å². The van der Waals surface area contributed by atoms with Crippen LogP contribution in [0.4, 0.5) is 5.69 Å². The monoisotopic (exact) mass is 298 g/mol. The lowest BCUT2D eigenvalue weighted by atomic mass is 10.3. The first-order valence-electron chi connectivity index (χ1n) is 6.38. The molecule has 0 aliphatic carbocycles. The number of likely N-dealkylation sites (tertiary alicyclic amines) is 1. The van der Waals surface area contributed by atoms with Crippen molar-refractivity contribution in [3.8, 4) is 5.75 Å². The predicted octanol–water partition coefficient (Wildman–Crippen LogP) is 0.673. The summed E-state index contributed by atoms with van der Waals surface area (Å²) in [6.45, 7) is 1.25. The number of nitrogens with zero attached hydrogens (tertiary/aromatic N) is 1. The molecular formula is C13H18N2O4S. The van der Waals surface area contributed by atoms with E-state index in [1.54, 1.807) is 11.0 Å². The van der Waals surface area contributed by atoms with E-state index in [1.807, 2.05) is 0 Å². The molecule has 7 heteroatoms. The summed E-state index contributed by atoms with van der Waals surface area (Å²) < 4.78 is 29.6. The zero-order chi connectivity index (χ0) is 14.8. The molecule has 0 saturated carbocycles. The quantitative estimate of drug-likeness (QED) is 0.825. The van der Waals surface area contributed by atoms with Gasteiger partial charge in [0.05, 0.1) is 17.7 Å². The molecule has 0 atom stereocenters. The van der Waals surface area contributed by atoms with E-state index in [1.165, 1.54) is 19.2 Å². The van der Waals surface area contributed by atoms with Gasteiger partial charge in [-0.3, -0.25) is 4.79 Å². The van der Waals surface area contributed by atoms with Gasteiger partial charge in [-0.1, -0.05) is 0 Å². The molecule has 6 nitrogen and oxygen atoms in total. The summed E-state index contributed by atoms with van der Waals surface area (Å²) >= 11 is 0. The highest BCUT2D eigenvalue weighted by atomic mass is 32.2. The molecule has 1 saturated heterocycles. The van der Waals surface area contributed by atoms with E-state index in [0.717, 1.165) is 12.8 Å². The SMILES string of the molecule is COc1ccc(N)c(S(=O)(=O)CC(=O)N2CCCC2)c1. The van der Waals surface area contributed by atoms with Crippen molar-refractivity contribution in [2.24, 2.45) is 0 Å². The van der Waals surface area contributed by atoms with Gasteiger partial charge in [-0.2, -0.15) is 0 Å². The molecule has 0 unspecified atom stereocenters. The number of sulfone groups is 1. The molecule has 1 heterocycles. The number of benzene rings is 1. The van der Waals surface area contributed by atoms with Crippen molar-refractivity contribution in [3.05, 3.63) is 18.2 Å². The standard InChI is InChI=1S/C13H18N2O4S/c1-19-10-4-5-11(14)12(8-10)20(17,18)9-13(16)15-6-2-3-7-15/h4-5,8H,2-3,6-7,9,14H2,1H3. The van der Waals surface area contributed by atoms with Crippen molar-refractivity contribution in [3.63, 3.8) is 0 Å². The Balaban J connectivity index is 2.23. The Kier molecular flexibility index (Phi) is 4.17. The number of carbonyl (C=O) groups excluding carboxylic acids is 1. The minimum absolute atomic E-state index is 0.0515. The van der Waals surface area contributed by atoms with E-state index < -0.39 is 15.6 Å². The minimum atomic E-state index is -3.76. The summed E-state index contributed by atoms with van der Waals surface area (Å²) in [6.07, 6.45) is 1.85. The normalized spacial score (nSPS) is 15.3. The van der Waals surface area contributed by atoms with Gasteiger partial charge in [-0.25, -0.2) is 8.42 Å². The van der Waals surface area contributed by atoms with Crippen molar-refractivity contribution < 1.29 is 17.9 Å². The van der Waals surface area contributed by atoms with E-state index in [2.05, 4.69) is 0 Å². The summed E-state index contributed by atoms with van der Waals surface area (Å²) in [7, 11) is -2.31. The van der Waals surface area contributed by atoms with Crippen LogP contribution < -0.4 is 10.5 Å². The third-order valence-electron chi connectivity index (χ3n) is 3.33. The first kappa shape index (κ1) is 14.6. The molecule has 2 rings (SSSR count). The number of anilines is 1. The Hall–Kier alpha value is -1.76. The van der Waals surface area contributed by atoms with Crippen LogP contribution in [0, 0.1) is 0 Å². The number of hydrogen-bond donors (Lipinski definition) is 1. The fraction of sp³-hybridized carbons (Fsp3) is 0.462. The van der Waals surface area contributed by atoms with Crippen molar-refractivity contribution in [1.29, 1.82) is 0 Å². The van der Waals surface area contributed by atoms with Crippen LogP contribution in [0.3, 0.4) is 0 Å². The number of nitrogens with two attached hydrogens (primary N) is 1. The smallest absolute Gasteiger partial charge is 0.238 e. The Morgan fingerprint density at radius 3 is 2.60 bits per heavy atom. The third-order valence-corrected chi connectivity index (χ3v) is 4.98. The minimum Gasteiger partial charge on any atom is -0.497 e. The van der Waals surface area contributed by atoms with Gasteiger partial charge in [0.1, 0.15) is 11.5 Å². The maximum atomic E-state index is 12.3. The Morgan fingerprint density at radius 2 is 2.00 bits per heavy atom. The molecule has 1 aliphatic rings. The average molecular weight is 298 g/mol. The second-order valence-corrected chi connectivity index (χ2v) is 6.71. The Labute approximate surface area is 118 Å². The highest BCUT2D eigenvalue weighted by Crippen LogP contribution is 2.25. The van der Waals surface area contributed by atoms with Crippen LogP contribution in [0.25, 0.3) is 0 Å². The van der Waals surface area contributed by atoms with E-state index in [0.29, 0.717) is 18.8 Å². The molecule has 0 radical (unpaired) electrons. The van der Waals surface area contributed by atoms with Gasteiger partial charge < -0.3 is 15.4 Å². The highest BCUT2D eigenvalue weighted by molar-refractivity contribution is 7.92. The number of rotatable bonds is 4. The lowest BCUT2D eigenvalue weighted by Crippen LogP contribution is -2.33. The number of amides is 1. The van der Waals surface area contributed by atoms with Crippen LogP contribution in [-0.4, -0.2) is 45.2 Å². The van der Waals surface area contributed by atoms with Gasteiger partial charge in [-0.15, -0.1) is 0 Å². The van der Waals surface area contributed by atoms with E-state index in [-0.39, 0.29) is 16.5 Å². The van der Waals surface area contributed by atoms with Crippen molar-refractivity contribution >= 4 is 21.4 Å². The molecule has 0 aromatic heterocycles. The van der Waals surface area contributed by atoms with Gasteiger partial charge >= 0.3 is 0 Å². The molecule has 1 aliphatic heterocycles. The van der Waals surface area contributed by atoms with Gasteiger partial charge in [0.2, 0.25) is 5.91 Å². The number of nitrogen functional groups attached to an aromatic ring is 1. The zero-order valence-electron chi connectivity index (χ0n) is 11.3. The summed E-state index contributed by atoms with van der Waals surface area (Å²) in [5, 5.41) is 0. The Morgan fingerprint density at radius 1 is 1.35 bits per heavy atom. The number of methoxy groups -OCH3 is 1. The molecule has 1 aromatic carbocycles. The second-order valence-electron chi connectivity index (χ2n) is 4.75. The van der Waals surface area contributed by atoms with Crippen LogP contribution in [0.2, 0.25) is 0 Å². The van der Waals surface area contributed by atoms with E-state index in [9.17, 15) is 13.2 Å². The van der Waals surface area contributed by atoms with Gasteiger partial charge in [0.15, 0.2) is 9.84 Å². The molecule has 20 heavy (non-hydrogen) atoms. The van der Waals surface area contributed by atoms with Gasteiger partial charge in [-0.05, 0) is 25.0 Å². The lowest BCUT2D eigenvalue weighted by Gasteiger charge is -2.16. The van der Waals surface area contributed by atoms with Crippen LogP contribution in [0.15, 0.2) is 23.1 Å². The number of carbonyl (C=O) groups is 1. The largest absolute Gasteiger partial charge is 0.497 e. The molecule has 1 aromatic rings. The van der Waals surface area contributed by atoms with Crippen LogP contribution >= 0.6 is 0 Å². The summed E-state index contributed by atoms with van der Waals surface area (Å²) in [4.78, 5) is 13.5. The predicted molar refractivity (Wildman–Crippen MR) is 75.3 cm³/mol. The molecule has 2 N–H and O–H groups in total. The van der Waals surface area contributed by atoms with Gasteiger partial charge in [0, 0.05) is 19.2 Å². The second kappa shape index (κ2) is 5.70. The van der Waals surface area contributed by atoms with Crippen LogP contribution in [0.1, 0.15) is 12.8 Å². The summed E-state index contributed by atoms with van der Waals surface area (Å²) in [5.74, 6) is -0.527. The summed E-state index contributed by atoms with van der Waals surface area (Å²) in [5.41, 5.74) is 5.82. The highest BCUT2D eigenvalue weighted by Gasteiger charge is 2.27. The van der Waals surface area contributed by atoms with Gasteiger partial charge in [0.25, 0.3) is 0 Å². The topological polar surface area (TPSA) is 89.7 Å². The molecular weight excluding hydrogens is 280 g/mol. The maximum Gasteiger partial charge on any atom is 0.238 e. The third kappa shape index (κ3) is 3.04. The van der Waals surface area contributed by atoms with Crippen LogP contribution in [0.5, 0.6) is 5.75 Å². The number of hydrogen-bond acceptors (Lipinski definition) is 5. The Bertz CT molecular complexity index is 607. The lowest BCUT2D eigenvalue weighted by molar-refractivity contribution is -0.127. The first-order chi connectivity index (χ1) is 9.44. The average Bonchev–Trinajstić information content (AvgIpc) is 2.92. The molecule has 0 bridgehead atoms. The fourth-order valence-electron chi connectivity index (χ4n) is 2.21. The fourth-order valence-corrected chi connectivity index (χ4v) is 3.60. The van der Waals surface area contributed by atoms with Crippen molar-refractivity contribution in [2.75, 3.05) is 31.7 Å². The summed E-state index contributed by atoms with van der Waals surface area (Å²) in [6, 6.07) is 4.39. The molecule has 1 fully saturated rings.